The van der Waals surface area contributed by atoms with E-state index in [1.807, 2.05) is 68.4 Å². The lowest BCUT2D eigenvalue weighted by molar-refractivity contribution is -0.120. The third-order valence-corrected chi connectivity index (χ3v) is 4.65. The zero-order valence-corrected chi connectivity index (χ0v) is 17.1. The van der Waals surface area contributed by atoms with Crippen LogP contribution < -0.4 is 19.6 Å². The lowest BCUT2D eigenvalue weighted by atomic mass is 10.0. The SMILES string of the molecule is CC(C)Oc1ccc2ccccc2c1/C=N\NC(=O)Cc1ccc2c(c1)OCCO2. The van der Waals surface area contributed by atoms with Crippen LogP contribution in [0.25, 0.3) is 10.8 Å². The first-order valence-electron chi connectivity index (χ1n) is 9.99. The fraction of sp³-hybridized carbons (Fsp3) is 0.250. The first-order valence-corrected chi connectivity index (χ1v) is 9.99. The van der Waals surface area contributed by atoms with Gasteiger partial charge in [-0.15, -0.1) is 0 Å². The molecule has 1 aliphatic heterocycles. The molecule has 0 spiro atoms. The van der Waals surface area contributed by atoms with Gasteiger partial charge < -0.3 is 14.2 Å². The predicted octanol–water partition coefficient (Wildman–Crippen LogP) is 4.09. The second-order valence-corrected chi connectivity index (χ2v) is 7.31. The molecule has 0 saturated heterocycles. The van der Waals surface area contributed by atoms with E-state index in [9.17, 15) is 4.79 Å². The number of hydrazone groups is 1. The lowest BCUT2D eigenvalue weighted by Gasteiger charge is -2.18. The van der Waals surface area contributed by atoms with E-state index in [1.165, 1.54) is 0 Å². The molecular weight excluding hydrogens is 380 g/mol. The van der Waals surface area contributed by atoms with Gasteiger partial charge in [0.25, 0.3) is 0 Å². The summed E-state index contributed by atoms with van der Waals surface area (Å²) in [6.45, 7) is 5.01. The Labute approximate surface area is 175 Å². The van der Waals surface area contributed by atoms with Gasteiger partial charge in [-0.3, -0.25) is 4.79 Å². The van der Waals surface area contributed by atoms with E-state index in [4.69, 9.17) is 14.2 Å². The number of nitrogens with zero attached hydrogens (tertiary/aromatic N) is 1. The maximum atomic E-state index is 12.4. The third-order valence-electron chi connectivity index (χ3n) is 4.65. The Morgan fingerprint density at radius 3 is 2.73 bits per heavy atom. The van der Waals surface area contributed by atoms with Crippen molar-refractivity contribution in [2.24, 2.45) is 5.10 Å². The normalized spacial score (nSPS) is 13.0. The van der Waals surface area contributed by atoms with Gasteiger partial charge >= 0.3 is 0 Å². The third kappa shape index (κ3) is 4.54. The minimum atomic E-state index is -0.213. The highest BCUT2D eigenvalue weighted by atomic mass is 16.6. The molecule has 1 aliphatic rings. The summed E-state index contributed by atoms with van der Waals surface area (Å²) in [4.78, 5) is 12.4. The number of nitrogens with one attached hydrogen (secondary N) is 1. The number of hydrogen-bond acceptors (Lipinski definition) is 5. The van der Waals surface area contributed by atoms with Crippen molar-refractivity contribution in [3.63, 3.8) is 0 Å². The number of fused-ring (bicyclic) bond motifs is 2. The molecule has 6 heteroatoms. The fourth-order valence-corrected chi connectivity index (χ4v) is 3.36. The van der Waals surface area contributed by atoms with E-state index in [1.54, 1.807) is 6.21 Å². The van der Waals surface area contributed by atoms with E-state index < -0.39 is 0 Å². The molecule has 0 aliphatic carbocycles. The standard InChI is InChI=1S/C24H24N2O4/c1-16(2)30-21-10-8-18-5-3-4-6-19(18)20(21)15-25-26-24(27)14-17-7-9-22-23(13-17)29-12-11-28-22/h3-10,13,15-16H,11-12,14H2,1-2H3,(H,26,27)/b25-15-. The first-order chi connectivity index (χ1) is 14.6. The van der Waals surface area contributed by atoms with E-state index in [2.05, 4.69) is 10.5 Å². The molecular formula is C24H24N2O4. The molecule has 1 amide bonds. The summed E-state index contributed by atoms with van der Waals surface area (Å²) in [7, 11) is 0. The van der Waals surface area contributed by atoms with Crippen molar-refractivity contribution in [2.45, 2.75) is 26.4 Å². The van der Waals surface area contributed by atoms with Gasteiger partial charge in [-0.25, -0.2) is 5.43 Å². The van der Waals surface area contributed by atoms with Crippen molar-refractivity contribution < 1.29 is 19.0 Å². The van der Waals surface area contributed by atoms with E-state index in [0.717, 1.165) is 27.6 Å². The van der Waals surface area contributed by atoms with Crippen molar-refractivity contribution >= 4 is 22.9 Å². The summed E-state index contributed by atoms with van der Waals surface area (Å²) in [5.74, 6) is 1.89. The number of carbonyl (C=O) groups is 1. The Hall–Kier alpha value is -3.54. The molecule has 0 atom stereocenters. The summed E-state index contributed by atoms with van der Waals surface area (Å²) in [5.41, 5.74) is 4.28. The molecule has 0 radical (unpaired) electrons. The molecule has 0 saturated carbocycles. The number of ether oxygens (including phenoxy) is 3. The van der Waals surface area contributed by atoms with Crippen molar-refractivity contribution in [1.82, 2.24) is 5.43 Å². The van der Waals surface area contributed by atoms with Gasteiger partial charge in [-0.05, 0) is 48.4 Å². The summed E-state index contributed by atoms with van der Waals surface area (Å²) in [5, 5.41) is 6.28. The van der Waals surface area contributed by atoms with Gasteiger partial charge in [0, 0.05) is 5.56 Å². The fourth-order valence-electron chi connectivity index (χ4n) is 3.36. The van der Waals surface area contributed by atoms with Crippen LogP contribution in [0.1, 0.15) is 25.0 Å². The average Bonchev–Trinajstić information content (AvgIpc) is 2.74. The smallest absolute Gasteiger partial charge is 0.244 e. The molecule has 0 fully saturated rings. The molecule has 1 N–H and O–H groups in total. The zero-order valence-electron chi connectivity index (χ0n) is 17.1. The van der Waals surface area contributed by atoms with Gasteiger partial charge in [-0.1, -0.05) is 36.4 Å². The van der Waals surface area contributed by atoms with E-state index >= 15 is 0 Å². The highest BCUT2D eigenvalue weighted by Crippen LogP contribution is 2.31. The molecule has 0 aromatic heterocycles. The maximum Gasteiger partial charge on any atom is 0.244 e. The number of benzene rings is 3. The summed E-state index contributed by atoms with van der Waals surface area (Å²) in [6.07, 6.45) is 1.86. The number of amides is 1. The van der Waals surface area contributed by atoms with E-state index in [0.29, 0.717) is 24.7 Å². The summed E-state index contributed by atoms with van der Waals surface area (Å²) < 4.78 is 17.0. The zero-order chi connectivity index (χ0) is 20.9. The Kier molecular flexibility index (Phi) is 5.84. The molecule has 1 heterocycles. The Bertz CT molecular complexity index is 1090. The molecule has 154 valence electrons. The largest absolute Gasteiger partial charge is 0.490 e. The first kappa shape index (κ1) is 19.8. The highest BCUT2D eigenvalue weighted by Gasteiger charge is 2.13. The van der Waals surface area contributed by atoms with Crippen molar-refractivity contribution in [2.75, 3.05) is 13.2 Å². The molecule has 0 unspecified atom stereocenters. The minimum Gasteiger partial charge on any atom is -0.490 e. The minimum absolute atomic E-state index is 0.0307. The van der Waals surface area contributed by atoms with Gasteiger partial charge in [0.1, 0.15) is 19.0 Å². The highest BCUT2D eigenvalue weighted by molar-refractivity contribution is 6.02. The molecule has 4 rings (SSSR count). The molecule has 0 bridgehead atoms. The van der Waals surface area contributed by atoms with Gasteiger partial charge in [0.15, 0.2) is 11.5 Å². The predicted molar refractivity (Wildman–Crippen MR) is 117 cm³/mol. The van der Waals surface area contributed by atoms with Crippen LogP contribution in [0.4, 0.5) is 0 Å². The van der Waals surface area contributed by atoms with Crippen molar-refractivity contribution in [1.29, 1.82) is 0 Å². The van der Waals surface area contributed by atoms with E-state index in [-0.39, 0.29) is 18.4 Å². The monoisotopic (exact) mass is 404 g/mol. The summed E-state index contributed by atoms with van der Waals surface area (Å²) in [6, 6.07) is 17.5. The number of rotatable bonds is 6. The van der Waals surface area contributed by atoms with Crippen LogP contribution >= 0.6 is 0 Å². The van der Waals surface area contributed by atoms with Crippen molar-refractivity contribution in [3.8, 4) is 17.2 Å². The quantitative estimate of drug-likeness (QED) is 0.496. The van der Waals surface area contributed by atoms with Gasteiger partial charge in [0.2, 0.25) is 5.91 Å². The topological polar surface area (TPSA) is 69.2 Å². The molecule has 30 heavy (non-hydrogen) atoms. The Morgan fingerprint density at radius 1 is 1.10 bits per heavy atom. The van der Waals surface area contributed by atoms with Gasteiger partial charge in [-0.2, -0.15) is 5.10 Å². The van der Waals surface area contributed by atoms with Crippen molar-refractivity contribution in [3.05, 3.63) is 65.7 Å². The van der Waals surface area contributed by atoms with Gasteiger partial charge in [0.05, 0.1) is 18.7 Å². The van der Waals surface area contributed by atoms with Crippen LogP contribution in [0.5, 0.6) is 17.2 Å². The molecule has 6 nitrogen and oxygen atoms in total. The van der Waals surface area contributed by atoms with Crippen LogP contribution in [0.2, 0.25) is 0 Å². The second-order valence-electron chi connectivity index (χ2n) is 7.31. The number of hydrogen-bond donors (Lipinski definition) is 1. The maximum absolute atomic E-state index is 12.4. The summed E-state index contributed by atoms with van der Waals surface area (Å²) >= 11 is 0. The molecule has 3 aromatic carbocycles. The van der Waals surface area contributed by atoms with Crippen LogP contribution in [-0.2, 0) is 11.2 Å². The Morgan fingerprint density at radius 2 is 1.90 bits per heavy atom. The lowest BCUT2D eigenvalue weighted by Crippen LogP contribution is -2.20. The van der Waals surface area contributed by atoms with Crippen LogP contribution in [0.15, 0.2) is 59.7 Å². The number of carbonyl (C=O) groups excluding carboxylic acids is 1. The second kappa shape index (κ2) is 8.86. The van der Waals surface area contributed by atoms with Crippen LogP contribution in [0, 0.1) is 0 Å². The van der Waals surface area contributed by atoms with Crippen LogP contribution in [-0.4, -0.2) is 31.4 Å². The Balaban J connectivity index is 1.48. The molecule has 3 aromatic rings. The van der Waals surface area contributed by atoms with Crippen LogP contribution in [0.3, 0.4) is 0 Å². The average molecular weight is 404 g/mol.